The Morgan fingerprint density at radius 2 is 1.66 bits per heavy atom. The molecule has 11 heteroatoms. The summed E-state index contributed by atoms with van der Waals surface area (Å²) in [5.41, 5.74) is 1.06. The van der Waals surface area contributed by atoms with Crippen LogP contribution in [-0.4, -0.2) is 17.8 Å². The van der Waals surface area contributed by atoms with Gasteiger partial charge in [0.15, 0.2) is 0 Å². The number of carbonyl (C=O) groups is 3. The summed E-state index contributed by atoms with van der Waals surface area (Å²) >= 11 is 25.1. The van der Waals surface area contributed by atoms with Gasteiger partial charge in [-0.1, -0.05) is 68.9 Å². The SMILES string of the molecule is O=C1NC(=O)N(c2ccc(Cl)c(Cl)c2)C(=O)/C1=C/c1cc(Br)cc(Br)c1OCc1ccccc1Cl. The number of benzene rings is 3. The molecule has 0 aromatic heterocycles. The number of amides is 4. The zero-order valence-electron chi connectivity index (χ0n) is 17.5. The minimum absolute atomic E-state index is 0.143. The molecule has 0 unspecified atom stereocenters. The highest BCUT2D eigenvalue weighted by Gasteiger charge is 2.37. The van der Waals surface area contributed by atoms with Crippen LogP contribution in [0.3, 0.4) is 0 Å². The molecule has 4 rings (SSSR count). The Labute approximate surface area is 232 Å². The van der Waals surface area contributed by atoms with Crippen LogP contribution in [0.25, 0.3) is 6.08 Å². The molecule has 35 heavy (non-hydrogen) atoms. The second kappa shape index (κ2) is 10.7. The molecule has 6 nitrogen and oxygen atoms in total. The second-order valence-electron chi connectivity index (χ2n) is 7.24. The van der Waals surface area contributed by atoms with Crippen molar-refractivity contribution in [3.63, 3.8) is 0 Å². The smallest absolute Gasteiger partial charge is 0.335 e. The van der Waals surface area contributed by atoms with Crippen LogP contribution in [0, 0.1) is 0 Å². The monoisotopic (exact) mass is 656 g/mol. The summed E-state index contributed by atoms with van der Waals surface area (Å²) in [7, 11) is 0. The van der Waals surface area contributed by atoms with Gasteiger partial charge in [-0.2, -0.15) is 0 Å². The normalized spacial score (nSPS) is 14.9. The van der Waals surface area contributed by atoms with Crippen LogP contribution in [0.15, 0.2) is 69.1 Å². The average molecular weight is 660 g/mol. The van der Waals surface area contributed by atoms with E-state index in [0.717, 1.165) is 10.5 Å². The molecule has 4 amide bonds. The Hall–Kier alpha value is -2.36. The van der Waals surface area contributed by atoms with Gasteiger partial charge in [-0.3, -0.25) is 14.9 Å². The van der Waals surface area contributed by atoms with E-state index in [1.807, 2.05) is 18.2 Å². The van der Waals surface area contributed by atoms with Crippen LogP contribution in [0.5, 0.6) is 5.75 Å². The van der Waals surface area contributed by atoms with Gasteiger partial charge in [-0.05, 0) is 58.4 Å². The van der Waals surface area contributed by atoms with Gasteiger partial charge in [0.1, 0.15) is 17.9 Å². The fourth-order valence-corrected chi connectivity index (χ4v) is 5.13. The van der Waals surface area contributed by atoms with Gasteiger partial charge >= 0.3 is 6.03 Å². The summed E-state index contributed by atoms with van der Waals surface area (Å²) in [4.78, 5) is 39.2. The first-order chi connectivity index (χ1) is 16.7. The van der Waals surface area contributed by atoms with Crippen molar-refractivity contribution in [3.8, 4) is 5.75 Å². The summed E-state index contributed by atoms with van der Waals surface area (Å²) < 4.78 is 7.26. The predicted octanol–water partition coefficient (Wildman–Crippen LogP) is 7.42. The van der Waals surface area contributed by atoms with Crippen LogP contribution in [-0.2, 0) is 16.2 Å². The first kappa shape index (κ1) is 25.7. The number of carbonyl (C=O) groups excluding carboxylic acids is 3. The highest BCUT2D eigenvalue weighted by Crippen LogP contribution is 2.36. The number of anilines is 1. The third-order valence-corrected chi connectivity index (χ3v) is 7.08. The largest absolute Gasteiger partial charge is 0.487 e. The van der Waals surface area contributed by atoms with Crippen molar-refractivity contribution in [2.24, 2.45) is 0 Å². The van der Waals surface area contributed by atoms with Crippen molar-refractivity contribution < 1.29 is 19.1 Å². The molecule has 1 N–H and O–H groups in total. The van der Waals surface area contributed by atoms with E-state index in [-0.39, 0.29) is 27.9 Å². The molecule has 1 aliphatic heterocycles. The van der Waals surface area contributed by atoms with Crippen molar-refractivity contribution in [1.82, 2.24) is 5.32 Å². The highest BCUT2D eigenvalue weighted by molar-refractivity contribution is 9.11. The average Bonchev–Trinajstić information content (AvgIpc) is 2.79. The molecule has 0 radical (unpaired) electrons. The molecule has 0 atom stereocenters. The van der Waals surface area contributed by atoms with Gasteiger partial charge in [-0.25, -0.2) is 9.69 Å². The lowest BCUT2D eigenvalue weighted by Gasteiger charge is -2.26. The summed E-state index contributed by atoms with van der Waals surface area (Å²) in [6.45, 7) is 0.143. The number of hydrogen-bond acceptors (Lipinski definition) is 4. The molecule has 3 aromatic rings. The third-order valence-electron chi connectivity index (χ3n) is 4.93. The number of rotatable bonds is 5. The Kier molecular flexibility index (Phi) is 7.88. The van der Waals surface area contributed by atoms with Crippen LogP contribution >= 0.6 is 66.7 Å². The first-order valence-corrected chi connectivity index (χ1v) is 12.6. The fraction of sp³-hybridized carbons (Fsp3) is 0.0417. The number of halogens is 5. The minimum atomic E-state index is -0.902. The molecule has 1 saturated heterocycles. The van der Waals surface area contributed by atoms with Crippen LogP contribution in [0.4, 0.5) is 10.5 Å². The van der Waals surface area contributed by atoms with Crippen LogP contribution in [0.1, 0.15) is 11.1 Å². The Morgan fingerprint density at radius 3 is 2.37 bits per heavy atom. The molecule has 1 heterocycles. The third kappa shape index (κ3) is 5.57. The standard InChI is InChI=1S/C24H13Br2Cl3N2O4/c25-14-7-13(21(17(26)9-14)35-11-12-3-1-2-4-18(12)27)8-16-22(32)30-24(34)31(23(16)33)15-5-6-19(28)20(29)10-15/h1-10H,11H2,(H,30,32,34)/b16-8+. The number of barbiturate groups is 1. The lowest BCUT2D eigenvalue weighted by atomic mass is 10.1. The Morgan fingerprint density at radius 1 is 0.914 bits per heavy atom. The van der Waals surface area contributed by atoms with E-state index in [9.17, 15) is 14.4 Å². The zero-order chi connectivity index (χ0) is 25.3. The molecular formula is C24H13Br2Cl3N2O4. The van der Waals surface area contributed by atoms with Crippen molar-refractivity contribution in [2.45, 2.75) is 6.61 Å². The Balaban J connectivity index is 1.73. The van der Waals surface area contributed by atoms with E-state index in [4.69, 9.17) is 39.5 Å². The lowest BCUT2D eigenvalue weighted by molar-refractivity contribution is -0.122. The van der Waals surface area contributed by atoms with E-state index in [0.29, 0.717) is 25.3 Å². The lowest BCUT2D eigenvalue weighted by Crippen LogP contribution is -2.54. The molecule has 0 aliphatic carbocycles. The molecule has 0 saturated carbocycles. The van der Waals surface area contributed by atoms with Gasteiger partial charge in [0.25, 0.3) is 11.8 Å². The number of nitrogens with zero attached hydrogens (tertiary/aromatic N) is 1. The van der Waals surface area contributed by atoms with Crippen LogP contribution in [0.2, 0.25) is 15.1 Å². The van der Waals surface area contributed by atoms with Gasteiger partial charge in [-0.15, -0.1) is 0 Å². The molecule has 0 bridgehead atoms. The molecule has 0 spiro atoms. The van der Waals surface area contributed by atoms with Crippen molar-refractivity contribution >= 4 is 96.3 Å². The number of urea groups is 1. The Bertz CT molecular complexity index is 1410. The van der Waals surface area contributed by atoms with Crippen molar-refractivity contribution in [3.05, 3.63) is 95.3 Å². The molecule has 3 aromatic carbocycles. The number of hydrogen-bond donors (Lipinski definition) is 1. The van der Waals surface area contributed by atoms with E-state index < -0.39 is 17.8 Å². The minimum Gasteiger partial charge on any atom is -0.487 e. The maximum absolute atomic E-state index is 13.3. The topological polar surface area (TPSA) is 75.7 Å². The first-order valence-electron chi connectivity index (χ1n) is 9.87. The van der Waals surface area contributed by atoms with E-state index in [1.54, 1.807) is 18.2 Å². The number of ether oxygens (including phenoxy) is 1. The quantitative estimate of drug-likeness (QED) is 0.229. The van der Waals surface area contributed by atoms with E-state index >= 15 is 0 Å². The van der Waals surface area contributed by atoms with Crippen molar-refractivity contribution in [1.29, 1.82) is 0 Å². The van der Waals surface area contributed by atoms with Crippen molar-refractivity contribution in [2.75, 3.05) is 4.90 Å². The molecule has 1 fully saturated rings. The van der Waals surface area contributed by atoms with Gasteiger partial charge < -0.3 is 4.74 Å². The highest BCUT2D eigenvalue weighted by atomic mass is 79.9. The van der Waals surface area contributed by atoms with Gasteiger partial charge in [0.05, 0.1) is 20.2 Å². The summed E-state index contributed by atoms with van der Waals surface area (Å²) in [6, 6.07) is 14.0. The summed E-state index contributed by atoms with van der Waals surface area (Å²) in [5, 5.41) is 3.13. The fourth-order valence-electron chi connectivity index (χ4n) is 3.28. The second-order valence-corrected chi connectivity index (χ2v) is 10.2. The molecular weight excluding hydrogens is 646 g/mol. The van der Waals surface area contributed by atoms with Crippen LogP contribution < -0.4 is 15.0 Å². The maximum Gasteiger partial charge on any atom is 0.335 e. The maximum atomic E-state index is 13.3. The number of nitrogens with one attached hydrogen (secondary N) is 1. The van der Waals surface area contributed by atoms with E-state index in [1.165, 1.54) is 24.3 Å². The molecule has 1 aliphatic rings. The van der Waals surface area contributed by atoms with Gasteiger partial charge in [0, 0.05) is 20.6 Å². The summed E-state index contributed by atoms with van der Waals surface area (Å²) in [5.74, 6) is -1.30. The van der Waals surface area contributed by atoms with E-state index in [2.05, 4.69) is 37.2 Å². The summed E-state index contributed by atoms with van der Waals surface area (Å²) in [6.07, 6.45) is 1.35. The van der Waals surface area contributed by atoms with Gasteiger partial charge in [0.2, 0.25) is 0 Å². The zero-order valence-corrected chi connectivity index (χ0v) is 22.9. The predicted molar refractivity (Wildman–Crippen MR) is 143 cm³/mol. The molecule has 178 valence electrons. The number of imide groups is 2.